The van der Waals surface area contributed by atoms with Crippen LogP contribution >= 0.6 is 0 Å². The Morgan fingerprint density at radius 2 is 1.82 bits per heavy atom. The molecule has 0 atom stereocenters. The summed E-state index contributed by atoms with van der Waals surface area (Å²) in [5.74, 6) is 1.72. The van der Waals surface area contributed by atoms with Crippen molar-refractivity contribution >= 4 is 27.6 Å². The highest BCUT2D eigenvalue weighted by Gasteiger charge is 2.20. The first-order valence-corrected chi connectivity index (χ1v) is 10.9. The average Bonchev–Trinajstić information content (AvgIpc) is 3.48. The number of piperazine rings is 1. The second-order valence-corrected chi connectivity index (χ2v) is 8.37. The third kappa shape index (κ3) is 3.46. The first-order chi connectivity index (χ1) is 16.2. The SMILES string of the molecule is COc1cncc(-c2cc3c(-c4cc5c(N6CCN(C)CC6)nccc5[nH]4)n[nH]c3cn2)c1. The summed E-state index contributed by atoms with van der Waals surface area (Å²) in [6.07, 6.45) is 7.15. The van der Waals surface area contributed by atoms with Crippen molar-refractivity contribution in [1.29, 1.82) is 0 Å². The molecule has 5 aromatic heterocycles. The molecule has 9 nitrogen and oxygen atoms in total. The number of anilines is 1. The van der Waals surface area contributed by atoms with E-state index >= 15 is 0 Å². The quantitative estimate of drug-likeness (QED) is 0.442. The number of nitrogens with one attached hydrogen (secondary N) is 2. The van der Waals surface area contributed by atoms with E-state index in [1.807, 2.05) is 24.4 Å². The first kappa shape index (κ1) is 19.7. The Morgan fingerprint density at radius 1 is 0.939 bits per heavy atom. The Labute approximate surface area is 190 Å². The molecule has 2 N–H and O–H groups in total. The van der Waals surface area contributed by atoms with E-state index in [9.17, 15) is 0 Å². The van der Waals surface area contributed by atoms with Gasteiger partial charge in [0.1, 0.15) is 17.3 Å². The lowest BCUT2D eigenvalue weighted by Crippen LogP contribution is -2.44. The molecule has 0 aliphatic carbocycles. The molecule has 0 unspecified atom stereocenters. The minimum Gasteiger partial charge on any atom is -0.495 e. The van der Waals surface area contributed by atoms with E-state index in [1.165, 1.54) is 0 Å². The molecular formula is C24H24N8O. The van der Waals surface area contributed by atoms with E-state index in [0.717, 1.165) is 76.4 Å². The zero-order valence-electron chi connectivity index (χ0n) is 18.5. The molecule has 0 aromatic carbocycles. The van der Waals surface area contributed by atoms with Crippen LogP contribution in [0.4, 0.5) is 5.82 Å². The van der Waals surface area contributed by atoms with Crippen molar-refractivity contribution in [3.05, 3.63) is 49.1 Å². The van der Waals surface area contributed by atoms with Crippen molar-refractivity contribution in [3.63, 3.8) is 0 Å². The molecule has 5 aromatic rings. The zero-order valence-corrected chi connectivity index (χ0v) is 18.5. The molecule has 6 heterocycles. The fourth-order valence-electron chi connectivity index (χ4n) is 4.39. The molecule has 0 amide bonds. The van der Waals surface area contributed by atoms with E-state index in [4.69, 9.17) is 9.72 Å². The smallest absolute Gasteiger partial charge is 0.138 e. The summed E-state index contributed by atoms with van der Waals surface area (Å²) in [7, 11) is 3.79. The topological polar surface area (TPSA) is 98.9 Å². The van der Waals surface area contributed by atoms with Gasteiger partial charge in [-0.1, -0.05) is 0 Å². The Bertz CT molecular complexity index is 1450. The Kier molecular flexibility index (Phi) is 4.69. The van der Waals surface area contributed by atoms with Gasteiger partial charge in [0.2, 0.25) is 0 Å². The summed E-state index contributed by atoms with van der Waals surface area (Å²) in [5.41, 5.74) is 5.43. The highest BCUT2D eigenvalue weighted by molar-refractivity contribution is 5.99. The van der Waals surface area contributed by atoms with Crippen LogP contribution in [0.3, 0.4) is 0 Å². The average molecular weight is 441 g/mol. The van der Waals surface area contributed by atoms with Gasteiger partial charge < -0.3 is 19.5 Å². The fraction of sp³-hybridized carbons (Fsp3) is 0.250. The van der Waals surface area contributed by atoms with Crippen molar-refractivity contribution in [2.45, 2.75) is 0 Å². The van der Waals surface area contributed by atoms with Crippen LogP contribution in [0.1, 0.15) is 0 Å². The van der Waals surface area contributed by atoms with Gasteiger partial charge in [-0.3, -0.25) is 15.1 Å². The number of fused-ring (bicyclic) bond motifs is 2. The van der Waals surface area contributed by atoms with Crippen LogP contribution in [-0.2, 0) is 0 Å². The molecule has 0 radical (unpaired) electrons. The van der Waals surface area contributed by atoms with Gasteiger partial charge in [0, 0.05) is 54.9 Å². The Hall–Kier alpha value is -3.98. The Morgan fingerprint density at radius 3 is 2.67 bits per heavy atom. The minimum atomic E-state index is 0.696. The van der Waals surface area contributed by atoms with Gasteiger partial charge in [0.25, 0.3) is 0 Å². The highest BCUT2D eigenvalue weighted by atomic mass is 16.5. The van der Waals surface area contributed by atoms with Gasteiger partial charge in [-0.25, -0.2) is 4.98 Å². The fourth-order valence-corrected chi connectivity index (χ4v) is 4.39. The number of hydrogen-bond donors (Lipinski definition) is 2. The van der Waals surface area contributed by atoms with Gasteiger partial charge in [0.15, 0.2) is 0 Å². The molecule has 9 heteroatoms. The largest absolute Gasteiger partial charge is 0.495 e. The molecule has 1 aliphatic heterocycles. The second-order valence-electron chi connectivity index (χ2n) is 8.37. The third-order valence-electron chi connectivity index (χ3n) is 6.28. The van der Waals surface area contributed by atoms with Crippen molar-refractivity contribution in [1.82, 2.24) is 35.0 Å². The van der Waals surface area contributed by atoms with Crippen molar-refractivity contribution in [2.24, 2.45) is 0 Å². The van der Waals surface area contributed by atoms with Gasteiger partial charge in [-0.15, -0.1) is 0 Å². The number of ether oxygens (including phenoxy) is 1. The first-order valence-electron chi connectivity index (χ1n) is 10.9. The predicted octanol–water partition coefficient (Wildman–Crippen LogP) is 3.32. The van der Waals surface area contributed by atoms with Crippen LogP contribution in [0.25, 0.3) is 44.5 Å². The molecular weight excluding hydrogens is 416 g/mol. The maximum absolute atomic E-state index is 5.32. The van der Waals surface area contributed by atoms with Crippen LogP contribution in [-0.4, -0.2) is 75.4 Å². The van der Waals surface area contributed by atoms with Crippen LogP contribution in [0.15, 0.2) is 49.1 Å². The van der Waals surface area contributed by atoms with Crippen LogP contribution in [0.2, 0.25) is 0 Å². The number of methoxy groups -OCH3 is 1. The molecule has 0 bridgehead atoms. The van der Waals surface area contributed by atoms with Gasteiger partial charge in [-0.05, 0) is 31.3 Å². The number of nitrogens with zero attached hydrogens (tertiary/aromatic N) is 6. The van der Waals surface area contributed by atoms with Crippen molar-refractivity contribution in [3.8, 4) is 28.4 Å². The molecule has 0 spiro atoms. The van der Waals surface area contributed by atoms with Gasteiger partial charge >= 0.3 is 0 Å². The van der Waals surface area contributed by atoms with Gasteiger partial charge in [0.05, 0.1) is 41.9 Å². The summed E-state index contributed by atoms with van der Waals surface area (Å²) >= 11 is 0. The lowest BCUT2D eigenvalue weighted by molar-refractivity contribution is 0.312. The van der Waals surface area contributed by atoms with E-state index in [2.05, 4.69) is 48.1 Å². The maximum Gasteiger partial charge on any atom is 0.138 e. The highest BCUT2D eigenvalue weighted by Crippen LogP contribution is 2.33. The number of hydrogen-bond acceptors (Lipinski definition) is 7. The summed E-state index contributed by atoms with van der Waals surface area (Å²) in [6, 6.07) is 8.13. The van der Waals surface area contributed by atoms with Crippen LogP contribution in [0, 0.1) is 0 Å². The maximum atomic E-state index is 5.32. The number of H-pyrrole nitrogens is 2. The second kappa shape index (κ2) is 7.86. The molecule has 166 valence electrons. The minimum absolute atomic E-state index is 0.696. The number of aromatic nitrogens is 6. The molecule has 1 fully saturated rings. The van der Waals surface area contributed by atoms with E-state index in [0.29, 0.717) is 5.75 Å². The lowest BCUT2D eigenvalue weighted by Gasteiger charge is -2.33. The van der Waals surface area contributed by atoms with E-state index < -0.39 is 0 Å². The Balaban J connectivity index is 1.43. The lowest BCUT2D eigenvalue weighted by atomic mass is 10.1. The van der Waals surface area contributed by atoms with E-state index in [-0.39, 0.29) is 0 Å². The number of pyridine rings is 3. The number of likely N-dealkylation sites (N-methyl/N-ethyl adjacent to an activating group) is 1. The number of rotatable bonds is 4. The molecule has 1 aliphatic rings. The zero-order chi connectivity index (χ0) is 22.4. The standard InChI is InChI=1S/C24H24N8O/c1-31-5-7-32(8-6-31)24-18-11-21(28-19(18)3-4-26-24)23-17-10-20(27-14-22(17)29-30-23)15-9-16(33-2)13-25-12-15/h3-4,9-14,28H,5-8H2,1-2H3,(H,29,30). The normalized spacial score (nSPS) is 14.9. The summed E-state index contributed by atoms with van der Waals surface area (Å²) < 4.78 is 5.32. The summed E-state index contributed by atoms with van der Waals surface area (Å²) in [6.45, 7) is 4.01. The van der Waals surface area contributed by atoms with Gasteiger partial charge in [-0.2, -0.15) is 5.10 Å². The molecule has 1 saturated heterocycles. The third-order valence-corrected chi connectivity index (χ3v) is 6.28. The molecule has 6 rings (SSSR count). The summed E-state index contributed by atoms with van der Waals surface area (Å²) in [4.78, 5) is 21.8. The molecule has 33 heavy (non-hydrogen) atoms. The van der Waals surface area contributed by atoms with Crippen LogP contribution in [0.5, 0.6) is 5.75 Å². The monoisotopic (exact) mass is 440 g/mol. The van der Waals surface area contributed by atoms with Crippen molar-refractivity contribution in [2.75, 3.05) is 45.2 Å². The number of aromatic amines is 2. The molecule has 0 saturated carbocycles. The van der Waals surface area contributed by atoms with Crippen LogP contribution < -0.4 is 9.64 Å². The van der Waals surface area contributed by atoms with Crippen molar-refractivity contribution < 1.29 is 4.74 Å². The summed E-state index contributed by atoms with van der Waals surface area (Å²) in [5, 5.41) is 9.81. The van der Waals surface area contributed by atoms with E-state index in [1.54, 1.807) is 25.7 Å². The predicted molar refractivity (Wildman–Crippen MR) is 128 cm³/mol.